The van der Waals surface area contributed by atoms with E-state index in [0.29, 0.717) is 12.1 Å². The van der Waals surface area contributed by atoms with Gasteiger partial charge in [-0.1, -0.05) is 12.2 Å². The molecule has 2 unspecified atom stereocenters. The van der Waals surface area contributed by atoms with Gasteiger partial charge in [0.1, 0.15) is 10.9 Å². The van der Waals surface area contributed by atoms with Crippen LogP contribution in [-0.4, -0.2) is 6.04 Å². The molecule has 0 spiro atoms. The van der Waals surface area contributed by atoms with E-state index in [0.717, 1.165) is 11.3 Å². The van der Waals surface area contributed by atoms with E-state index in [1.165, 1.54) is 17.7 Å². The van der Waals surface area contributed by atoms with E-state index in [1.54, 1.807) is 11.3 Å². The molecule has 0 radical (unpaired) electrons. The Hall–Kier alpha value is -1.11. The Balaban J connectivity index is 1.94. The largest absolute Gasteiger partial charge is 0.306 e. The first-order chi connectivity index (χ1) is 7.79. The molecule has 16 heavy (non-hydrogen) atoms. The summed E-state index contributed by atoms with van der Waals surface area (Å²) in [6.07, 6.45) is 8.03. The predicted octanol–water partition coefficient (Wildman–Crippen LogP) is 3.38. The topological polar surface area (TPSA) is 35.8 Å². The summed E-state index contributed by atoms with van der Waals surface area (Å²) in [7, 11) is 0. The molecular weight excluding hydrogens is 216 g/mol. The summed E-state index contributed by atoms with van der Waals surface area (Å²) in [6, 6.07) is 7.08. The molecule has 2 rings (SSSR count). The van der Waals surface area contributed by atoms with Gasteiger partial charge in [0, 0.05) is 17.0 Å². The van der Waals surface area contributed by atoms with Gasteiger partial charge in [-0.05, 0) is 38.3 Å². The van der Waals surface area contributed by atoms with Crippen LogP contribution >= 0.6 is 11.3 Å². The molecule has 0 saturated carbocycles. The van der Waals surface area contributed by atoms with Crippen LogP contribution in [0, 0.1) is 11.3 Å². The minimum Gasteiger partial charge on any atom is -0.306 e. The first kappa shape index (κ1) is 11.4. The first-order valence-corrected chi connectivity index (χ1v) is 6.52. The second kappa shape index (κ2) is 5.29. The summed E-state index contributed by atoms with van der Waals surface area (Å²) in [6.45, 7) is 2.17. The lowest BCUT2D eigenvalue weighted by Gasteiger charge is -2.23. The monoisotopic (exact) mass is 232 g/mol. The first-order valence-electron chi connectivity index (χ1n) is 5.70. The molecule has 0 saturated heterocycles. The summed E-state index contributed by atoms with van der Waals surface area (Å²) in [4.78, 5) is 2.05. The maximum absolute atomic E-state index is 8.79. The van der Waals surface area contributed by atoms with Crippen molar-refractivity contribution < 1.29 is 0 Å². The van der Waals surface area contributed by atoms with Crippen molar-refractivity contribution >= 4 is 11.3 Å². The number of nitriles is 1. The van der Waals surface area contributed by atoms with Gasteiger partial charge in [-0.25, -0.2) is 0 Å². The van der Waals surface area contributed by atoms with Gasteiger partial charge in [0.05, 0.1) is 0 Å². The van der Waals surface area contributed by atoms with Crippen molar-refractivity contribution in [1.29, 1.82) is 5.26 Å². The van der Waals surface area contributed by atoms with Gasteiger partial charge in [0.25, 0.3) is 0 Å². The molecule has 1 aliphatic rings. The normalized spacial score (nSPS) is 21.6. The fourth-order valence-electron chi connectivity index (χ4n) is 2.03. The third-order valence-corrected chi connectivity index (χ3v) is 4.09. The van der Waals surface area contributed by atoms with E-state index < -0.39 is 0 Å². The van der Waals surface area contributed by atoms with Crippen molar-refractivity contribution in [3.8, 4) is 6.07 Å². The second-order valence-corrected chi connectivity index (χ2v) is 5.30. The summed E-state index contributed by atoms with van der Waals surface area (Å²) >= 11 is 1.59. The number of rotatable bonds is 3. The molecule has 1 aromatic heterocycles. The Bertz CT molecular complexity index is 414. The van der Waals surface area contributed by atoms with Crippen molar-refractivity contribution in [3.63, 3.8) is 0 Å². The van der Waals surface area contributed by atoms with Crippen LogP contribution in [0.2, 0.25) is 0 Å². The fourth-order valence-corrected chi connectivity index (χ4v) is 2.84. The molecule has 3 heteroatoms. The Kier molecular flexibility index (Phi) is 3.76. The van der Waals surface area contributed by atoms with E-state index in [-0.39, 0.29) is 0 Å². The highest BCUT2D eigenvalue weighted by molar-refractivity contribution is 7.12. The van der Waals surface area contributed by atoms with E-state index in [4.69, 9.17) is 5.26 Å². The Morgan fingerprint density at radius 3 is 3.00 bits per heavy atom. The van der Waals surface area contributed by atoms with Crippen molar-refractivity contribution in [2.75, 3.05) is 0 Å². The quantitative estimate of drug-likeness (QED) is 0.811. The van der Waals surface area contributed by atoms with Crippen LogP contribution in [0.5, 0.6) is 0 Å². The van der Waals surface area contributed by atoms with Gasteiger partial charge < -0.3 is 5.32 Å². The predicted molar refractivity (Wildman–Crippen MR) is 67.4 cm³/mol. The molecule has 0 amide bonds. The van der Waals surface area contributed by atoms with Crippen LogP contribution in [0.1, 0.15) is 42.0 Å². The smallest absolute Gasteiger partial charge is 0.110 e. The average molecular weight is 232 g/mol. The van der Waals surface area contributed by atoms with Gasteiger partial charge in [0.2, 0.25) is 0 Å². The highest BCUT2D eigenvalue weighted by Gasteiger charge is 2.15. The zero-order chi connectivity index (χ0) is 11.4. The number of allylic oxidation sites excluding steroid dienone is 1. The van der Waals surface area contributed by atoms with Crippen LogP contribution in [0.3, 0.4) is 0 Å². The maximum Gasteiger partial charge on any atom is 0.110 e. The van der Waals surface area contributed by atoms with E-state index in [2.05, 4.69) is 36.5 Å². The molecule has 1 aromatic rings. The minimum absolute atomic E-state index is 0.351. The highest BCUT2D eigenvalue weighted by Crippen LogP contribution is 2.24. The molecule has 0 fully saturated rings. The second-order valence-electron chi connectivity index (χ2n) is 4.18. The highest BCUT2D eigenvalue weighted by atomic mass is 32.1. The summed E-state index contributed by atoms with van der Waals surface area (Å²) in [5.41, 5.74) is 0. The van der Waals surface area contributed by atoms with E-state index in [1.807, 2.05) is 6.07 Å². The molecule has 2 atom stereocenters. The third kappa shape index (κ3) is 2.72. The number of nitrogens with zero attached hydrogens (tertiary/aromatic N) is 1. The fraction of sp³-hybridized carbons (Fsp3) is 0.462. The number of hydrogen-bond donors (Lipinski definition) is 1. The van der Waals surface area contributed by atoms with Gasteiger partial charge in [-0.15, -0.1) is 11.3 Å². The van der Waals surface area contributed by atoms with Crippen LogP contribution < -0.4 is 5.32 Å². The van der Waals surface area contributed by atoms with Crippen molar-refractivity contribution in [1.82, 2.24) is 5.32 Å². The maximum atomic E-state index is 8.79. The van der Waals surface area contributed by atoms with Gasteiger partial charge >= 0.3 is 0 Å². The van der Waals surface area contributed by atoms with Crippen molar-refractivity contribution in [2.24, 2.45) is 0 Å². The molecule has 0 aromatic carbocycles. The molecular formula is C13H16N2S. The van der Waals surface area contributed by atoms with E-state index in [9.17, 15) is 0 Å². The standard InChI is InChI=1S/C13H16N2S/c1-10(13-8-7-12(9-14)16-13)15-11-5-3-2-4-6-11/h2-3,7-8,10-11,15H,4-6H2,1H3. The van der Waals surface area contributed by atoms with Crippen molar-refractivity contribution in [3.05, 3.63) is 34.0 Å². The lowest BCUT2D eigenvalue weighted by atomic mass is 10.0. The van der Waals surface area contributed by atoms with Crippen LogP contribution in [0.15, 0.2) is 24.3 Å². The van der Waals surface area contributed by atoms with Gasteiger partial charge in [-0.3, -0.25) is 0 Å². The zero-order valence-corrected chi connectivity index (χ0v) is 10.3. The molecule has 84 valence electrons. The SMILES string of the molecule is CC(NC1CC=CCC1)c1ccc(C#N)s1. The Labute approximate surface area is 101 Å². The Morgan fingerprint density at radius 1 is 1.50 bits per heavy atom. The summed E-state index contributed by atoms with van der Waals surface area (Å²) in [5.74, 6) is 0. The Morgan fingerprint density at radius 2 is 2.38 bits per heavy atom. The molecule has 0 aliphatic heterocycles. The molecule has 2 nitrogen and oxygen atoms in total. The van der Waals surface area contributed by atoms with Crippen molar-refractivity contribution in [2.45, 2.75) is 38.3 Å². The number of nitrogens with one attached hydrogen (secondary N) is 1. The van der Waals surface area contributed by atoms with E-state index >= 15 is 0 Å². The lowest BCUT2D eigenvalue weighted by Crippen LogP contribution is -2.31. The van der Waals surface area contributed by atoms with Crippen LogP contribution in [0.25, 0.3) is 0 Å². The van der Waals surface area contributed by atoms with Crippen LogP contribution in [-0.2, 0) is 0 Å². The summed E-state index contributed by atoms with van der Waals surface area (Å²) < 4.78 is 0. The molecule has 1 aliphatic carbocycles. The number of thiophene rings is 1. The average Bonchev–Trinajstić information content (AvgIpc) is 2.79. The minimum atomic E-state index is 0.351. The lowest BCUT2D eigenvalue weighted by molar-refractivity contribution is 0.429. The third-order valence-electron chi connectivity index (χ3n) is 2.92. The molecule has 0 bridgehead atoms. The zero-order valence-electron chi connectivity index (χ0n) is 9.44. The summed E-state index contributed by atoms with van der Waals surface area (Å²) in [5, 5.41) is 12.4. The number of hydrogen-bond acceptors (Lipinski definition) is 3. The molecule has 1 heterocycles. The van der Waals surface area contributed by atoms with Gasteiger partial charge in [-0.2, -0.15) is 5.26 Å². The van der Waals surface area contributed by atoms with Crippen LogP contribution in [0.4, 0.5) is 0 Å². The van der Waals surface area contributed by atoms with Gasteiger partial charge in [0.15, 0.2) is 0 Å². The molecule has 1 N–H and O–H groups in total.